The van der Waals surface area contributed by atoms with Gasteiger partial charge in [-0.2, -0.15) is 0 Å². The van der Waals surface area contributed by atoms with Crippen LogP contribution in [-0.4, -0.2) is 42.5 Å². The standard InChI is InChI=1S/C18H26N2O3/c1-12(2)20(13(3)4)18(22)17(21)19-10-6-7-14-8-9-15(23-5)11-16(14)19/h8-9,11-13H,6-7,10H2,1-5H3. The Hall–Kier alpha value is -2.04. The third kappa shape index (κ3) is 3.49. The number of methoxy groups -OCH3 is 1. The first-order chi connectivity index (χ1) is 10.9. The summed E-state index contributed by atoms with van der Waals surface area (Å²) < 4.78 is 5.26. The number of ether oxygens (including phenoxy) is 1. The lowest BCUT2D eigenvalue weighted by molar-refractivity contribution is -0.147. The van der Waals surface area contributed by atoms with Crippen molar-refractivity contribution in [2.45, 2.75) is 52.6 Å². The van der Waals surface area contributed by atoms with Crippen LogP contribution in [0.15, 0.2) is 18.2 Å². The van der Waals surface area contributed by atoms with Gasteiger partial charge in [0.25, 0.3) is 0 Å². The van der Waals surface area contributed by atoms with Crippen LogP contribution in [0.5, 0.6) is 5.75 Å². The molecule has 5 heteroatoms. The predicted molar refractivity (Wildman–Crippen MR) is 90.8 cm³/mol. The van der Waals surface area contributed by atoms with Crippen LogP contribution < -0.4 is 9.64 Å². The summed E-state index contributed by atoms with van der Waals surface area (Å²) in [6, 6.07) is 5.68. The molecule has 1 heterocycles. The van der Waals surface area contributed by atoms with E-state index in [0.29, 0.717) is 12.3 Å². The summed E-state index contributed by atoms with van der Waals surface area (Å²) in [5, 5.41) is 0. The van der Waals surface area contributed by atoms with Crippen molar-refractivity contribution in [3.8, 4) is 5.75 Å². The zero-order chi connectivity index (χ0) is 17.1. The first kappa shape index (κ1) is 17.3. The van der Waals surface area contributed by atoms with E-state index in [0.717, 1.165) is 24.1 Å². The lowest BCUT2D eigenvalue weighted by Gasteiger charge is -2.34. The minimum atomic E-state index is -0.457. The van der Waals surface area contributed by atoms with Crippen molar-refractivity contribution in [1.82, 2.24) is 4.90 Å². The number of fused-ring (bicyclic) bond motifs is 1. The van der Waals surface area contributed by atoms with Crippen molar-refractivity contribution in [3.05, 3.63) is 23.8 Å². The number of hydrogen-bond donors (Lipinski definition) is 0. The summed E-state index contributed by atoms with van der Waals surface area (Å²) in [5.41, 5.74) is 1.88. The van der Waals surface area contributed by atoms with E-state index in [-0.39, 0.29) is 12.1 Å². The Labute approximate surface area is 138 Å². The highest BCUT2D eigenvalue weighted by Gasteiger charge is 2.33. The monoisotopic (exact) mass is 318 g/mol. The van der Waals surface area contributed by atoms with Gasteiger partial charge in [-0.15, -0.1) is 0 Å². The van der Waals surface area contributed by atoms with Crippen molar-refractivity contribution in [2.75, 3.05) is 18.6 Å². The third-order valence-electron chi connectivity index (χ3n) is 4.19. The second-order valence-corrected chi connectivity index (χ2v) is 6.45. The molecule has 0 unspecified atom stereocenters. The van der Waals surface area contributed by atoms with Crippen molar-refractivity contribution < 1.29 is 14.3 Å². The van der Waals surface area contributed by atoms with Gasteiger partial charge < -0.3 is 14.5 Å². The molecular weight excluding hydrogens is 292 g/mol. The number of carbonyl (C=O) groups is 2. The van der Waals surface area contributed by atoms with Gasteiger partial charge in [-0.3, -0.25) is 9.59 Å². The third-order valence-corrected chi connectivity index (χ3v) is 4.19. The number of hydrogen-bond acceptors (Lipinski definition) is 3. The zero-order valence-corrected chi connectivity index (χ0v) is 14.6. The van der Waals surface area contributed by atoms with Crippen LogP contribution in [0.4, 0.5) is 5.69 Å². The SMILES string of the molecule is COc1ccc2c(c1)N(C(=O)C(=O)N(C(C)C)C(C)C)CCC2. The molecule has 23 heavy (non-hydrogen) atoms. The van der Waals surface area contributed by atoms with Gasteiger partial charge in [-0.25, -0.2) is 0 Å². The molecule has 126 valence electrons. The van der Waals surface area contributed by atoms with Crippen LogP contribution in [0.1, 0.15) is 39.7 Å². The van der Waals surface area contributed by atoms with E-state index in [9.17, 15) is 9.59 Å². The Balaban J connectivity index is 2.32. The van der Waals surface area contributed by atoms with Gasteiger partial charge in [0.05, 0.1) is 12.8 Å². The van der Waals surface area contributed by atoms with E-state index in [1.807, 2.05) is 45.9 Å². The molecule has 0 bridgehead atoms. The Kier molecular flexibility index (Phi) is 5.29. The van der Waals surface area contributed by atoms with E-state index in [2.05, 4.69) is 0 Å². The predicted octanol–water partition coefficient (Wildman–Crippen LogP) is 2.62. The van der Waals surface area contributed by atoms with Crippen molar-refractivity contribution in [3.63, 3.8) is 0 Å². The summed E-state index contributed by atoms with van der Waals surface area (Å²) in [7, 11) is 1.60. The molecule has 1 aliphatic rings. The number of rotatable bonds is 3. The number of anilines is 1. The summed E-state index contributed by atoms with van der Waals surface area (Å²) in [5.74, 6) is -0.201. The molecule has 0 radical (unpaired) electrons. The van der Waals surface area contributed by atoms with Crippen molar-refractivity contribution in [2.24, 2.45) is 0 Å². The van der Waals surface area contributed by atoms with Crippen LogP contribution >= 0.6 is 0 Å². The molecule has 1 aromatic rings. The lowest BCUT2D eigenvalue weighted by atomic mass is 10.0. The number of benzene rings is 1. The van der Waals surface area contributed by atoms with Gasteiger partial charge >= 0.3 is 11.8 Å². The zero-order valence-electron chi connectivity index (χ0n) is 14.6. The molecule has 2 rings (SSSR count). The van der Waals surface area contributed by atoms with Crippen LogP contribution in [-0.2, 0) is 16.0 Å². The minimum absolute atomic E-state index is 0.0129. The molecule has 0 N–H and O–H groups in total. The second-order valence-electron chi connectivity index (χ2n) is 6.45. The van der Waals surface area contributed by atoms with Gasteiger partial charge in [-0.05, 0) is 52.2 Å². The normalized spacial score (nSPS) is 14.0. The highest BCUT2D eigenvalue weighted by atomic mass is 16.5. The average molecular weight is 318 g/mol. The molecule has 1 aromatic carbocycles. The van der Waals surface area contributed by atoms with Gasteiger partial charge in [0, 0.05) is 24.7 Å². The molecule has 0 fully saturated rings. The van der Waals surface area contributed by atoms with E-state index < -0.39 is 11.8 Å². The maximum absolute atomic E-state index is 12.8. The fourth-order valence-electron chi connectivity index (χ4n) is 3.18. The van der Waals surface area contributed by atoms with Crippen LogP contribution in [0.2, 0.25) is 0 Å². The van der Waals surface area contributed by atoms with Crippen LogP contribution in [0.3, 0.4) is 0 Å². The molecule has 0 spiro atoms. The van der Waals surface area contributed by atoms with Crippen LogP contribution in [0, 0.1) is 0 Å². The van der Waals surface area contributed by atoms with E-state index >= 15 is 0 Å². The molecule has 1 aliphatic heterocycles. The molecule has 0 atom stereocenters. The molecule has 5 nitrogen and oxygen atoms in total. The van der Waals surface area contributed by atoms with Crippen molar-refractivity contribution in [1.29, 1.82) is 0 Å². The number of aryl methyl sites for hydroxylation is 1. The fraction of sp³-hybridized carbons (Fsp3) is 0.556. The van der Waals surface area contributed by atoms with E-state index in [1.165, 1.54) is 0 Å². The summed E-state index contributed by atoms with van der Waals surface area (Å²) in [6.07, 6.45) is 1.77. The maximum atomic E-state index is 12.8. The number of amides is 2. The number of carbonyl (C=O) groups excluding carboxylic acids is 2. The van der Waals surface area contributed by atoms with Crippen LogP contribution in [0.25, 0.3) is 0 Å². The van der Waals surface area contributed by atoms with Gasteiger partial charge in [0.15, 0.2) is 0 Å². The molecular formula is C18H26N2O3. The molecule has 0 aromatic heterocycles. The Morgan fingerprint density at radius 3 is 2.39 bits per heavy atom. The lowest BCUT2D eigenvalue weighted by Crippen LogP contribution is -2.51. The fourth-order valence-corrected chi connectivity index (χ4v) is 3.18. The van der Waals surface area contributed by atoms with Crippen molar-refractivity contribution >= 4 is 17.5 Å². The van der Waals surface area contributed by atoms with Gasteiger partial charge in [0.2, 0.25) is 0 Å². The van der Waals surface area contributed by atoms with Gasteiger partial charge in [-0.1, -0.05) is 6.07 Å². The van der Waals surface area contributed by atoms with Gasteiger partial charge in [0.1, 0.15) is 5.75 Å². The maximum Gasteiger partial charge on any atom is 0.316 e. The first-order valence-corrected chi connectivity index (χ1v) is 8.18. The van der Waals surface area contributed by atoms with E-state index in [1.54, 1.807) is 16.9 Å². The molecule has 0 saturated heterocycles. The Morgan fingerprint density at radius 1 is 1.17 bits per heavy atom. The first-order valence-electron chi connectivity index (χ1n) is 8.18. The molecule has 0 aliphatic carbocycles. The second kappa shape index (κ2) is 7.02. The minimum Gasteiger partial charge on any atom is -0.497 e. The molecule has 2 amide bonds. The highest BCUT2D eigenvalue weighted by molar-refractivity contribution is 6.40. The quantitative estimate of drug-likeness (QED) is 0.805. The largest absolute Gasteiger partial charge is 0.497 e. The Bertz CT molecular complexity index is 588. The summed E-state index contributed by atoms with van der Waals surface area (Å²) >= 11 is 0. The topological polar surface area (TPSA) is 49.9 Å². The summed E-state index contributed by atoms with van der Waals surface area (Å²) in [6.45, 7) is 8.28. The Morgan fingerprint density at radius 2 is 1.83 bits per heavy atom. The molecule has 0 saturated carbocycles. The smallest absolute Gasteiger partial charge is 0.316 e. The number of nitrogens with zero attached hydrogens (tertiary/aromatic N) is 2. The van der Waals surface area contributed by atoms with E-state index in [4.69, 9.17) is 4.74 Å². The average Bonchev–Trinajstić information content (AvgIpc) is 2.52. The highest BCUT2D eigenvalue weighted by Crippen LogP contribution is 2.31. The summed E-state index contributed by atoms with van der Waals surface area (Å²) in [4.78, 5) is 28.7.